The van der Waals surface area contributed by atoms with Crippen LogP contribution in [-0.4, -0.2) is 43.4 Å². The maximum Gasteiger partial charge on any atom is 0.191 e. The summed E-state index contributed by atoms with van der Waals surface area (Å²) in [5, 5.41) is 16.2. The third-order valence-electron chi connectivity index (χ3n) is 2.77. The lowest BCUT2D eigenvalue weighted by Crippen LogP contribution is -2.38. The third-order valence-corrected chi connectivity index (χ3v) is 2.77. The van der Waals surface area contributed by atoms with E-state index in [2.05, 4.69) is 22.5 Å². The van der Waals surface area contributed by atoms with E-state index in [1.807, 2.05) is 37.3 Å². The minimum Gasteiger partial charge on any atom is -0.389 e. The molecule has 0 spiro atoms. The molecule has 0 aliphatic rings. The number of aliphatic imine (C=N–C) groups is 1. The van der Waals surface area contributed by atoms with Gasteiger partial charge in [0.2, 0.25) is 0 Å². The monoisotopic (exact) mass is 421 g/mol. The van der Waals surface area contributed by atoms with E-state index in [1.54, 1.807) is 0 Å². The van der Waals surface area contributed by atoms with E-state index in [9.17, 15) is 5.11 Å². The van der Waals surface area contributed by atoms with Crippen molar-refractivity contribution in [3.8, 4) is 0 Å². The number of hydrogen-bond acceptors (Lipinski definition) is 3. The minimum absolute atomic E-state index is 0. The lowest BCUT2D eigenvalue weighted by Gasteiger charge is -2.13. The molecule has 0 fully saturated rings. The Bertz CT molecular complexity index is 402. The molecule has 0 saturated heterocycles. The van der Waals surface area contributed by atoms with Crippen molar-refractivity contribution in [3.63, 3.8) is 0 Å². The first-order valence-electron chi connectivity index (χ1n) is 7.58. The molecule has 0 aliphatic carbocycles. The van der Waals surface area contributed by atoms with Crippen LogP contribution in [0.5, 0.6) is 0 Å². The smallest absolute Gasteiger partial charge is 0.191 e. The maximum atomic E-state index is 9.88. The molecule has 22 heavy (non-hydrogen) atoms. The van der Waals surface area contributed by atoms with Crippen molar-refractivity contribution in [2.24, 2.45) is 4.99 Å². The van der Waals surface area contributed by atoms with Crippen molar-refractivity contribution in [1.29, 1.82) is 0 Å². The average molecular weight is 421 g/mol. The van der Waals surface area contributed by atoms with Crippen molar-refractivity contribution in [2.75, 3.05) is 26.2 Å². The van der Waals surface area contributed by atoms with Crippen LogP contribution in [0.4, 0.5) is 0 Å². The predicted octanol–water partition coefficient (Wildman–Crippen LogP) is 2.15. The van der Waals surface area contributed by atoms with Gasteiger partial charge in [-0.2, -0.15) is 0 Å². The fourth-order valence-corrected chi connectivity index (χ4v) is 1.72. The largest absolute Gasteiger partial charge is 0.389 e. The maximum absolute atomic E-state index is 9.88. The molecule has 126 valence electrons. The van der Waals surface area contributed by atoms with Gasteiger partial charge in [0.25, 0.3) is 0 Å². The fourth-order valence-electron chi connectivity index (χ4n) is 1.72. The number of nitrogens with one attached hydrogen (secondary N) is 2. The van der Waals surface area contributed by atoms with Crippen molar-refractivity contribution >= 4 is 29.9 Å². The molecule has 0 heterocycles. The SMILES string of the molecule is CCCNC(=NCC(O)COCc1ccccc1)NCC.I. The van der Waals surface area contributed by atoms with Crippen LogP contribution in [0.1, 0.15) is 25.8 Å². The summed E-state index contributed by atoms with van der Waals surface area (Å²) in [6.07, 6.45) is 0.443. The van der Waals surface area contributed by atoms with E-state index in [0.717, 1.165) is 31.0 Å². The molecular formula is C16H28IN3O2. The third kappa shape index (κ3) is 9.97. The summed E-state index contributed by atoms with van der Waals surface area (Å²) in [6.45, 7) is 6.91. The highest BCUT2D eigenvalue weighted by atomic mass is 127. The molecule has 0 aromatic heterocycles. The summed E-state index contributed by atoms with van der Waals surface area (Å²) in [6, 6.07) is 9.92. The number of benzene rings is 1. The minimum atomic E-state index is -0.592. The summed E-state index contributed by atoms with van der Waals surface area (Å²) >= 11 is 0. The number of nitrogens with zero attached hydrogens (tertiary/aromatic N) is 1. The molecule has 6 heteroatoms. The van der Waals surface area contributed by atoms with Crippen LogP contribution in [0.15, 0.2) is 35.3 Å². The lowest BCUT2D eigenvalue weighted by molar-refractivity contribution is 0.0331. The molecule has 0 bridgehead atoms. The molecular weight excluding hydrogens is 393 g/mol. The molecule has 5 nitrogen and oxygen atoms in total. The number of halogens is 1. The number of rotatable bonds is 9. The summed E-state index contributed by atoms with van der Waals surface area (Å²) in [4.78, 5) is 4.34. The van der Waals surface area contributed by atoms with Crippen molar-refractivity contribution in [3.05, 3.63) is 35.9 Å². The van der Waals surface area contributed by atoms with Crippen molar-refractivity contribution < 1.29 is 9.84 Å². The summed E-state index contributed by atoms with van der Waals surface area (Å²) in [7, 11) is 0. The first kappa shape index (κ1) is 21.1. The summed E-state index contributed by atoms with van der Waals surface area (Å²) in [5.41, 5.74) is 1.10. The van der Waals surface area contributed by atoms with Crippen LogP contribution in [0.3, 0.4) is 0 Å². The van der Waals surface area contributed by atoms with E-state index < -0.39 is 6.10 Å². The molecule has 3 N–H and O–H groups in total. The topological polar surface area (TPSA) is 65.9 Å². The molecule has 1 aromatic rings. The second-order valence-corrected chi connectivity index (χ2v) is 4.80. The number of aliphatic hydroxyl groups is 1. The Hall–Kier alpha value is -0.860. The quantitative estimate of drug-likeness (QED) is 0.325. The highest BCUT2D eigenvalue weighted by Crippen LogP contribution is 2.01. The van der Waals surface area contributed by atoms with Crippen molar-refractivity contribution in [1.82, 2.24) is 10.6 Å². The average Bonchev–Trinajstić information content (AvgIpc) is 2.51. The first-order valence-corrected chi connectivity index (χ1v) is 7.58. The molecule has 0 aliphatic heterocycles. The normalized spacial score (nSPS) is 12.4. The molecule has 1 aromatic carbocycles. The van der Waals surface area contributed by atoms with Gasteiger partial charge in [0.1, 0.15) is 0 Å². The Morgan fingerprint density at radius 2 is 1.95 bits per heavy atom. The van der Waals surface area contributed by atoms with Crippen LogP contribution in [0, 0.1) is 0 Å². The zero-order chi connectivity index (χ0) is 15.3. The Balaban J connectivity index is 0.00000441. The molecule has 1 unspecified atom stereocenters. The van der Waals surface area contributed by atoms with E-state index >= 15 is 0 Å². The fraction of sp³-hybridized carbons (Fsp3) is 0.562. The summed E-state index contributed by atoms with van der Waals surface area (Å²) < 4.78 is 5.49. The molecule has 0 amide bonds. The van der Waals surface area contributed by atoms with Crippen molar-refractivity contribution in [2.45, 2.75) is 33.0 Å². The van der Waals surface area contributed by atoms with Gasteiger partial charge < -0.3 is 20.5 Å². The number of aliphatic hydroxyl groups excluding tert-OH is 1. The van der Waals surface area contributed by atoms with Crippen LogP contribution < -0.4 is 10.6 Å². The molecule has 1 rings (SSSR count). The zero-order valence-corrected chi connectivity index (χ0v) is 15.7. The number of ether oxygens (including phenoxy) is 1. The predicted molar refractivity (Wildman–Crippen MR) is 102 cm³/mol. The molecule has 0 radical (unpaired) electrons. The summed E-state index contributed by atoms with van der Waals surface area (Å²) in [5.74, 6) is 0.737. The van der Waals surface area contributed by atoms with Gasteiger partial charge in [-0.25, -0.2) is 0 Å². The Labute approximate surface area is 150 Å². The van der Waals surface area contributed by atoms with Crippen LogP contribution in [0.2, 0.25) is 0 Å². The van der Waals surface area contributed by atoms with Gasteiger partial charge in [-0.05, 0) is 18.9 Å². The number of hydrogen-bond donors (Lipinski definition) is 3. The van der Waals surface area contributed by atoms with Crippen LogP contribution >= 0.6 is 24.0 Å². The van der Waals surface area contributed by atoms with E-state index in [-0.39, 0.29) is 30.6 Å². The van der Waals surface area contributed by atoms with E-state index in [4.69, 9.17) is 4.74 Å². The Morgan fingerprint density at radius 3 is 2.59 bits per heavy atom. The van der Waals surface area contributed by atoms with E-state index in [1.165, 1.54) is 0 Å². The molecule has 0 saturated carbocycles. The van der Waals surface area contributed by atoms with Gasteiger partial charge in [-0.3, -0.25) is 4.99 Å². The Morgan fingerprint density at radius 1 is 1.23 bits per heavy atom. The van der Waals surface area contributed by atoms with Gasteiger partial charge in [-0.15, -0.1) is 24.0 Å². The van der Waals surface area contributed by atoms with Gasteiger partial charge in [0.15, 0.2) is 5.96 Å². The first-order chi connectivity index (χ1) is 10.3. The second kappa shape index (κ2) is 13.8. The van der Waals surface area contributed by atoms with Gasteiger partial charge in [0.05, 0.1) is 25.9 Å². The highest BCUT2D eigenvalue weighted by Gasteiger charge is 2.04. The standard InChI is InChI=1S/C16H27N3O2.HI/c1-3-10-18-16(17-4-2)19-11-15(20)13-21-12-14-8-6-5-7-9-14;/h5-9,15,20H,3-4,10-13H2,1-2H3,(H2,17,18,19);1H. The lowest BCUT2D eigenvalue weighted by atomic mass is 10.2. The van der Waals surface area contributed by atoms with Gasteiger partial charge in [-0.1, -0.05) is 37.3 Å². The van der Waals surface area contributed by atoms with Gasteiger partial charge >= 0.3 is 0 Å². The Kier molecular flexibility index (Phi) is 13.2. The second-order valence-electron chi connectivity index (χ2n) is 4.80. The molecule has 1 atom stereocenters. The zero-order valence-electron chi connectivity index (χ0n) is 13.4. The highest BCUT2D eigenvalue weighted by molar-refractivity contribution is 14.0. The van der Waals surface area contributed by atoms with Crippen LogP contribution in [0.25, 0.3) is 0 Å². The van der Waals surface area contributed by atoms with Gasteiger partial charge in [0, 0.05) is 13.1 Å². The van der Waals surface area contributed by atoms with E-state index in [0.29, 0.717) is 13.2 Å². The van der Waals surface area contributed by atoms with Crippen LogP contribution in [-0.2, 0) is 11.3 Å². The number of guanidine groups is 1.